The second-order valence-corrected chi connectivity index (χ2v) is 6.04. The summed E-state index contributed by atoms with van der Waals surface area (Å²) in [6.07, 6.45) is 0. The molecule has 0 bridgehead atoms. The zero-order valence-corrected chi connectivity index (χ0v) is 13.8. The number of hydrogen-bond acceptors (Lipinski definition) is 6. The van der Waals surface area contributed by atoms with Crippen LogP contribution in [0.1, 0.15) is 21.7 Å². The predicted octanol–water partition coefficient (Wildman–Crippen LogP) is 1.98. The summed E-state index contributed by atoms with van der Waals surface area (Å²) in [4.78, 5) is 16.7. The lowest BCUT2D eigenvalue weighted by Gasteiger charge is -2.32. The maximum absolute atomic E-state index is 12.1. The number of furan rings is 1. The third-order valence-corrected chi connectivity index (χ3v) is 4.48. The van der Waals surface area contributed by atoms with Crippen molar-refractivity contribution < 1.29 is 19.1 Å². The fraction of sp³-hybridized carbons (Fsp3) is 0.471. The topological polar surface area (TPSA) is 66.2 Å². The Morgan fingerprint density at radius 2 is 2.00 bits per heavy atom. The fourth-order valence-corrected chi connectivity index (χ4v) is 3.10. The number of carbonyl (C=O) groups excluding carboxylic acids is 1. The zero-order valence-electron chi connectivity index (χ0n) is 13.8. The van der Waals surface area contributed by atoms with Crippen molar-refractivity contribution in [3.05, 3.63) is 29.0 Å². The highest BCUT2D eigenvalue weighted by atomic mass is 16.5. The lowest BCUT2D eigenvalue weighted by atomic mass is 10.0. The molecule has 6 nitrogen and oxygen atoms in total. The van der Waals surface area contributed by atoms with Crippen molar-refractivity contribution in [3.8, 4) is 5.75 Å². The molecule has 0 saturated carbocycles. The molecular formula is C17H22N2O4. The first-order valence-electron chi connectivity index (χ1n) is 7.74. The van der Waals surface area contributed by atoms with Crippen LogP contribution in [0.5, 0.6) is 5.75 Å². The second-order valence-electron chi connectivity index (χ2n) is 6.04. The molecule has 3 rings (SSSR count). The molecule has 0 aliphatic carbocycles. The lowest BCUT2D eigenvalue weighted by molar-refractivity contribution is 0.0600. The van der Waals surface area contributed by atoms with Crippen LogP contribution >= 0.6 is 0 Å². The van der Waals surface area contributed by atoms with E-state index in [0.717, 1.165) is 31.7 Å². The van der Waals surface area contributed by atoms with Crippen molar-refractivity contribution in [2.24, 2.45) is 0 Å². The number of phenolic OH excluding ortho intramolecular Hbond substituents is 1. The van der Waals surface area contributed by atoms with Crippen LogP contribution in [0.15, 0.2) is 16.5 Å². The third kappa shape index (κ3) is 2.92. The smallest absolute Gasteiger partial charge is 0.342 e. The Hall–Kier alpha value is -2.05. The van der Waals surface area contributed by atoms with Gasteiger partial charge in [-0.15, -0.1) is 0 Å². The summed E-state index contributed by atoms with van der Waals surface area (Å²) >= 11 is 0. The number of esters is 1. The molecule has 6 heteroatoms. The van der Waals surface area contributed by atoms with Gasteiger partial charge in [-0.3, -0.25) is 4.90 Å². The Labute approximate surface area is 135 Å². The van der Waals surface area contributed by atoms with Crippen molar-refractivity contribution in [2.75, 3.05) is 40.3 Å². The summed E-state index contributed by atoms with van der Waals surface area (Å²) in [7, 11) is 3.45. The highest BCUT2D eigenvalue weighted by molar-refractivity contribution is 6.06. The van der Waals surface area contributed by atoms with Crippen LogP contribution in [0.3, 0.4) is 0 Å². The van der Waals surface area contributed by atoms with Crippen molar-refractivity contribution >= 4 is 16.9 Å². The number of aryl methyl sites for hydroxylation is 1. The quantitative estimate of drug-likeness (QED) is 0.873. The van der Waals surface area contributed by atoms with Gasteiger partial charge < -0.3 is 19.2 Å². The van der Waals surface area contributed by atoms with Gasteiger partial charge in [-0.2, -0.15) is 0 Å². The number of rotatable bonds is 3. The van der Waals surface area contributed by atoms with Gasteiger partial charge in [-0.1, -0.05) is 0 Å². The Kier molecular flexibility index (Phi) is 4.28. The number of fused-ring (bicyclic) bond motifs is 1. The first kappa shape index (κ1) is 15.8. The lowest BCUT2D eigenvalue weighted by Crippen LogP contribution is -2.43. The fourth-order valence-electron chi connectivity index (χ4n) is 3.10. The van der Waals surface area contributed by atoms with Gasteiger partial charge in [-0.05, 0) is 26.1 Å². The summed E-state index contributed by atoms with van der Waals surface area (Å²) in [5, 5.41) is 11.0. The van der Waals surface area contributed by atoms with Gasteiger partial charge in [0.2, 0.25) is 0 Å². The molecule has 0 unspecified atom stereocenters. The summed E-state index contributed by atoms with van der Waals surface area (Å²) < 4.78 is 10.6. The number of benzene rings is 1. The van der Waals surface area contributed by atoms with E-state index in [0.29, 0.717) is 28.8 Å². The number of ether oxygens (including phenoxy) is 1. The number of hydrogen-bond donors (Lipinski definition) is 1. The maximum atomic E-state index is 12.1. The van der Waals surface area contributed by atoms with Gasteiger partial charge in [0.25, 0.3) is 0 Å². The number of phenols is 1. The Morgan fingerprint density at radius 3 is 2.65 bits per heavy atom. The van der Waals surface area contributed by atoms with Crippen LogP contribution in [0, 0.1) is 6.92 Å². The summed E-state index contributed by atoms with van der Waals surface area (Å²) in [6, 6.07) is 3.31. The van der Waals surface area contributed by atoms with Gasteiger partial charge in [0, 0.05) is 43.7 Å². The SMILES string of the molecule is COC(=O)c1c(C)oc2ccc(O)c(CN3CCN(C)CC3)c12. The minimum Gasteiger partial charge on any atom is -0.508 e. The van der Waals surface area contributed by atoms with E-state index in [1.54, 1.807) is 19.1 Å². The average molecular weight is 318 g/mol. The minimum atomic E-state index is -0.438. The second kappa shape index (κ2) is 6.22. The minimum absolute atomic E-state index is 0.183. The Bertz CT molecular complexity index is 730. The molecule has 0 spiro atoms. The van der Waals surface area contributed by atoms with Crippen molar-refractivity contribution in [1.82, 2.24) is 9.80 Å². The van der Waals surface area contributed by atoms with E-state index in [2.05, 4.69) is 16.8 Å². The molecule has 2 aromatic rings. The molecule has 1 aliphatic heterocycles. The Balaban J connectivity index is 2.04. The van der Waals surface area contributed by atoms with Crippen LogP contribution in [0.25, 0.3) is 11.0 Å². The molecule has 1 aromatic heterocycles. The molecular weight excluding hydrogens is 296 g/mol. The van der Waals surface area contributed by atoms with E-state index in [4.69, 9.17) is 9.15 Å². The van der Waals surface area contributed by atoms with Crippen LogP contribution in [-0.4, -0.2) is 61.2 Å². The van der Waals surface area contributed by atoms with E-state index in [-0.39, 0.29) is 5.75 Å². The number of methoxy groups -OCH3 is 1. The number of aromatic hydroxyl groups is 1. The summed E-state index contributed by atoms with van der Waals surface area (Å²) in [6.45, 7) is 6.16. The molecule has 0 radical (unpaired) electrons. The van der Waals surface area contributed by atoms with Crippen LogP contribution in [-0.2, 0) is 11.3 Å². The molecule has 2 heterocycles. The molecule has 1 aromatic carbocycles. The maximum Gasteiger partial charge on any atom is 0.342 e. The number of carbonyl (C=O) groups is 1. The van der Waals surface area contributed by atoms with Gasteiger partial charge in [0.15, 0.2) is 0 Å². The van der Waals surface area contributed by atoms with Gasteiger partial charge >= 0.3 is 5.97 Å². The monoisotopic (exact) mass is 318 g/mol. The van der Waals surface area contributed by atoms with Crippen molar-refractivity contribution in [3.63, 3.8) is 0 Å². The first-order chi connectivity index (χ1) is 11.0. The molecule has 23 heavy (non-hydrogen) atoms. The molecule has 1 saturated heterocycles. The number of nitrogens with zero attached hydrogens (tertiary/aromatic N) is 2. The van der Waals surface area contributed by atoms with E-state index in [1.165, 1.54) is 7.11 Å². The zero-order chi connectivity index (χ0) is 16.6. The van der Waals surface area contributed by atoms with E-state index >= 15 is 0 Å². The number of likely N-dealkylation sites (N-methyl/N-ethyl adjacent to an activating group) is 1. The average Bonchev–Trinajstić information content (AvgIpc) is 2.88. The predicted molar refractivity (Wildman–Crippen MR) is 86.7 cm³/mol. The Morgan fingerprint density at radius 1 is 1.30 bits per heavy atom. The standard InChI is InChI=1S/C17H22N2O4/c1-11-15(17(21)22-3)16-12(13(20)4-5-14(16)23-11)10-19-8-6-18(2)7-9-19/h4-5,20H,6-10H2,1-3H3. The van der Waals surface area contributed by atoms with Crippen LogP contribution in [0.4, 0.5) is 0 Å². The summed E-state index contributed by atoms with van der Waals surface area (Å²) in [5.74, 6) is 0.255. The van der Waals surface area contributed by atoms with E-state index in [1.807, 2.05) is 0 Å². The first-order valence-corrected chi connectivity index (χ1v) is 7.74. The molecule has 0 atom stereocenters. The van der Waals surface area contributed by atoms with Crippen LogP contribution in [0.2, 0.25) is 0 Å². The van der Waals surface area contributed by atoms with Gasteiger partial charge in [0.05, 0.1) is 7.11 Å². The number of piperazine rings is 1. The molecule has 1 fully saturated rings. The molecule has 1 aliphatic rings. The third-order valence-electron chi connectivity index (χ3n) is 4.48. The normalized spacial score (nSPS) is 16.8. The molecule has 1 N–H and O–H groups in total. The van der Waals surface area contributed by atoms with Crippen LogP contribution < -0.4 is 0 Å². The highest BCUT2D eigenvalue weighted by Crippen LogP contribution is 2.35. The van der Waals surface area contributed by atoms with Gasteiger partial charge in [0.1, 0.15) is 22.7 Å². The molecule has 0 amide bonds. The highest BCUT2D eigenvalue weighted by Gasteiger charge is 2.25. The van der Waals surface area contributed by atoms with E-state index in [9.17, 15) is 9.90 Å². The summed E-state index contributed by atoms with van der Waals surface area (Å²) in [5.41, 5.74) is 1.73. The molecule has 124 valence electrons. The van der Waals surface area contributed by atoms with Crippen molar-refractivity contribution in [2.45, 2.75) is 13.5 Å². The largest absolute Gasteiger partial charge is 0.508 e. The van der Waals surface area contributed by atoms with Gasteiger partial charge in [-0.25, -0.2) is 4.79 Å². The van der Waals surface area contributed by atoms with E-state index < -0.39 is 5.97 Å². The van der Waals surface area contributed by atoms with Crippen molar-refractivity contribution in [1.29, 1.82) is 0 Å².